The van der Waals surface area contributed by atoms with Crippen LogP contribution in [0.1, 0.15) is 48.2 Å². The van der Waals surface area contributed by atoms with E-state index in [1.165, 1.54) is 11.0 Å². The van der Waals surface area contributed by atoms with Gasteiger partial charge < -0.3 is 15.9 Å². The van der Waals surface area contributed by atoms with Crippen molar-refractivity contribution in [1.82, 2.24) is 9.80 Å². The van der Waals surface area contributed by atoms with Gasteiger partial charge in [0.1, 0.15) is 5.75 Å². The minimum atomic E-state index is -2.71. The van der Waals surface area contributed by atoms with E-state index in [9.17, 15) is 34.2 Å². The Morgan fingerprint density at radius 2 is 1.85 bits per heavy atom. The van der Waals surface area contributed by atoms with Gasteiger partial charge >= 0.3 is 0 Å². The number of benzene rings is 1. The summed E-state index contributed by atoms with van der Waals surface area (Å²) in [6.07, 6.45) is 3.20. The normalized spacial score (nSPS) is 33.1. The molecule has 10 nitrogen and oxygen atoms in total. The van der Waals surface area contributed by atoms with Gasteiger partial charge in [0.15, 0.2) is 34.7 Å². The van der Waals surface area contributed by atoms with Crippen molar-refractivity contribution >= 4 is 34.6 Å². The highest BCUT2D eigenvalue weighted by Crippen LogP contribution is 2.51. The molecule has 1 heterocycles. The number of hydrogen-bond donors (Lipinski definition) is 3. The summed E-state index contributed by atoms with van der Waals surface area (Å²) in [5, 5.41) is 22.4. The molecule has 39 heavy (non-hydrogen) atoms. The molecule has 0 spiro atoms. The molecule has 1 amide bonds. The van der Waals surface area contributed by atoms with Crippen molar-refractivity contribution < 1.29 is 34.2 Å². The van der Waals surface area contributed by atoms with Gasteiger partial charge in [0, 0.05) is 25.0 Å². The zero-order valence-electron chi connectivity index (χ0n) is 22.6. The molecule has 1 aromatic carbocycles. The van der Waals surface area contributed by atoms with Crippen LogP contribution >= 0.6 is 0 Å². The summed E-state index contributed by atoms with van der Waals surface area (Å²) in [7, 11) is 3.14. The first-order valence-electron chi connectivity index (χ1n) is 13.4. The molecule has 6 atom stereocenters. The average Bonchev–Trinajstić information content (AvgIpc) is 2.86. The molecule has 10 heteroatoms. The van der Waals surface area contributed by atoms with Gasteiger partial charge in [-0.2, -0.15) is 0 Å². The number of hydrogen-bond acceptors (Lipinski definition) is 9. The van der Waals surface area contributed by atoms with E-state index in [-0.39, 0.29) is 24.2 Å². The summed E-state index contributed by atoms with van der Waals surface area (Å²) in [6, 6.07) is 2.53. The average molecular weight is 538 g/mol. The van der Waals surface area contributed by atoms with Crippen molar-refractivity contribution in [2.24, 2.45) is 29.4 Å². The van der Waals surface area contributed by atoms with Crippen molar-refractivity contribution in [3.8, 4) is 5.75 Å². The minimum Gasteiger partial charge on any atom is -0.507 e. The number of rotatable bonds is 4. The quantitative estimate of drug-likeness (QED) is 0.461. The van der Waals surface area contributed by atoms with Crippen molar-refractivity contribution in [1.29, 1.82) is 0 Å². The van der Waals surface area contributed by atoms with Gasteiger partial charge in [-0.25, -0.2) is 0 Å². The number of amides is 1. The lowest BCUT2D eigenvalue weighted by Crippen LogP contribution is -2.74. The maximum absolute atomic E-state index is 13.9. The summed E-state index contributed by atoms with van der Waals surface area (Å²) < 4.78 is 0. The Balaban J connectivity index is 1.60. The molecule has 1 aromatic rings. The number of ketones is 4. The number of aliphatic hydroxyl groups is 1. The van der Waals surface area contributed by atoms with Crippen molar-refractivity contribution in [2.45, 2.75) is 50.8 Å². The molecule has 4 N–H and O–H groups in total. The first-order valence-corrected chi connectivity index (χ1v) is 13.4. The van der Waals surface area contributed by atoms with Crippen LogP contribution in [0.3, 0.4) is 0 Å². The van der Waals surface area contributed by atoms with Gasteiger partial charge in [-0.15, -0.1) is 0 Å². The molecule has 0 aromatic heterocycles. The largest absolute Gasteiger partial charge is 0.507 e. The summed E-state index contributed by atoms with van der Waals surface area (Å²) in [5.74, 6) is -10.3. The molecule has 4 aliphatic rings. The molecule has 2 saturated carbocycles. The van der Waals surface area contributed by atoms with Crippen molar-refractivity contribution in [3.63, 3.8) is 0 Å². The predicted octanol–water partition coefficient (Wildman–Crippen LogP) is 0.365. The molecular formula is C29H35N3O7. The van der Waals surface area contributed by atoms with E-state index in [0.29, 0.717) is 11.6 Å². The molecule has 2 unspecified atom stereocenters. The lowest BCUT2D eigenvalue weighted by atomic mass is 9.52. The van der Waals surface area contributed by atoms with Gasteiger partial charge in [-0.1, -0.05) is 12.1 Å². The standard InChI is InChI=1S/C29H35N3O7/c1-13(2)32-9-7-14(8-10-32)16-5-6-19(33)21-17(16)11-15-12-18-23(31(3)4)25(35)22(28(30)38)27(37)29(18,39)26(36)20(15)24(21)34/h5-7,13,15,18,20,22-23,33,39H,8-12H2,1-4H3,(H2,30,38)/t15-,18-,20?,22?,23+,29-/m0/s1. The van der Waals surface area contributed by atoms with E-state index in [1.54, 1.807) is 20.2 Å². The minimum absolute atomic E-state index is 0.0336. The molecule has 0 radical (unpaired) electrons. The second kappa shape index (κ2) is 9.46. The Bertz CT molecular complexity index is 1330. The molecule has 208 valence electrons. The van der Waals surface area contributed by atoms with Crippen LogP contribution in [0.15, 0.2) is 18.2 Å². The number of carbonyl (C=O) groups is 5. The van der Waals surface area contributed by atoms with Crippen LogP contribution in [0, 0.1) is 23.7 Å². The summed E-state index contributed by atoms with van der Waals surface area (Å²) >= 11 is 0. The fraction of sp³-hybridized carbons (Fsp3) is 0.552. The number of phenolic OH excluding ortho intramolecular Hbond substituents is 1. The van der Waals surface area contributed by atoms with Crippen LogP contribution in [-0.4, -0.2) is 93.9 Å². The Morgan fingerprint density at radius 3 is 2.41 bits per heavy atom. The highest BCUT2D eigenvalue weighted by Gasteiger charge is 2.69. The smallest absolute Gasteiger partial charge is 0.235 e. The van der Waals surface area contributed by atoms with Gasteiger partial charge in [-0.3, -0.25) is 33.8 Å². The predicted molar refractivity (Wildman–Crippen MR) is 141 cm³/mol. The van der Waals surface area contributed by atoms with Crippen LogP contribution in [0.2, 0.25) is 0 Å². The fourth-order valence-electron chi connectivity index (χ4n) is 7.30. The molecule has 2 fully saturated rings. The van der Waals surface area contributed by atoms with Gasteiger partial charge in [-0.05, 0) is 75.9 Å². The molecule has 0 bridgehead atoms. The summed E-state index contributed by atoms with van der Waals surface area (Å²) in [5.41, 5.74) is 5.24. The van der Waals surface area contributed by atoms with E-state index in [1.807, 2.05) is 0 Å². The third-order valence-electron chi connectivity index (χ3n) is 9.26. The van der Waals surface area contributed by atoms with E-state index in [2.05, 4.69) is 24.8 Å². The van der Waals surface area contributed by atoms with Crippen LogP contribution < -0.4 is 5.73 Å². The Hall–Kier alpha value is -3.21. The van der Waals surface area contributed by atoms with Crippen LogP contribution in [0.25, 0.3) is 5.57 Å². The number of nitrogens with two attached hydrogens (primary N) is 1. The Labute approximate surface area is 226 Å². The maximum Gasteiger partial charge on any atom is 0.235 e. The van der Waals surface area contributed by atoms with Gasteiger partial charge in [0.25, 0.3) is 0 Å². The number of primary amides is 1. The van der Waals surface area contributed by atoms with Crippen LogP contribution in [-0.2, 0) is 25.6 Å². The molecule has 0 saturated heterocycles. The second-order valence-corrected chi connectivity index (χ2v) is 11.8. The zero-order chi connectivity index (χ0) is 28.5. The van der Waals surface area contributed by atoms with Gasteiger partial charge in [0.05, 0.1) is 17.5 Å². The highest BCUT2D eigenvalue weighted by atomic mass is 16.3. The molecule has 3 aliphatic carbocycles. The van der Waals surface area contributed by atoms with E-state index in [0.717, 1.165) is 30.6 Å². The fourth-order valence-corrected chi connectivity index (χ4v) is 7.30. The summed E-state index contributed by atoms with van der Waals surface area (Å²) in [6.45, 7) is 5.87. The lowest BCUT2D eigenvalue weighted by Gasteiger charge is -2.52. The first kappa shape index (κ1) is 27.4. The lowest BCUT2D eigenvalue weighted by molar-refractivity contribution is -0.181. The third kappa shape index (κ3) is 3.91. The first-order chi connectivity index (χ1) is 18.3. The number of Topliss-reactive ketones (excluding diaryl/α,β-unsaturated/α-hetero) is 4. The SMILES string of the molecule is CC(C)N1CC=C(c2ccc(O)c3c2C[C@H]2C[C@H]4[C@@H](N(C)C)C(=O)C(C(N)=O)C(=O)[C@@]4(O)C(=O)C2C3=O)CC1. The molecule has 1 aliphatic heterocycles. The van der Waals surface area contributed by atoms with E-state index >= 15 is 0 Å². The number of fused-ring (bicyclic) bond motifs is 3. The van der Waals surface area contributed by atoms with Crippen molar-refractivity contribution in [3.05, 3.63) is 34.9 Å². The van der Waals surface area contributed by atoms with E-state index < -0.39 is 64.4 Å². The number of nitrogens with zero attached hydrogens (tertiary/aromatic N) is 2. The molecular weight excluding hydrogens is 502 g/mol. The van der Waals surface area contributed by atoms with Gasteiger partial charge in [0.2, 0.25) is 5.91 Å². The van der Waals surface area contributed by atoms with Crippen LogP contribution in [0.5, 0.6) is 5.75 Å². The second-order valence-electron chi connectivity index (χ2n) is 11.8. The van der Waals surface area contributed by atoms with Crippen molar-refractivity contribution in [2.75, 3.05) is 27.2 Å². The Kier molecular flexibility index (Phi) is 6.64. The number of carbonyl (C=O) groups excluding carboxylic acids is 5. The number of aromatic hydroxyl groups is 1. The third-order valence-corrected chi connectivity index (χ3v) is 9.26. The Morgan fingerprint density at radius 1 is 1.15 bits per heavy atom. The monoisotopic (exact) mass is 537 g/mol. The van der Waals surface area contributed by atoms with E-state index in [4.69, 9.17) is 5.73 Å². The molecule has 5 rings (SSSR count). The maximum atomic E-state index is 13.9. The number of phenols is 1. The topological polar surface area (TPSA) is 158 Å². The number of likely N-dealkylation sites (N-methyl/N-ethyl adjacent to an activating group) is 1. The summed E-state index contributed by atoms with van der Waals surface area (Å²) in [4.78, 5) is 70.3. The van der Waals surface area contributed by atoms with Crippen LogP contribution in [0.4, 0.5) is 0 Å². The zero-order valence-corrected chi connectivity index (χ0v) is 22.6. The highest BCUT2D eigenvalue weighted by molar-refractivity contribution is 6.32.